The fourth-order valence-electron chi connectivity index (χ4n) is 2.42. The SMILES string of the molecule is COC(=O)c1cccc(NC(=O)c2cnc(Nc3ccccc3OC)nc2)c1. The van der Waals surface area contributed by atoms with Crippen LogP contribution in [0.15, 0.2) is 60.9 Å². The smallest absolute Gasteiger partial charge is 0.337 e. The lowest BCUT2D eigenvalue weighted by molar-refractivity contribution is 0.0600. The van der Waals surface area contributed by atoms with E-state index in [-0.39, 0.29) is 5.56 Å². The number of rotatable bonds is 6. The van der Waals surface area contributed by atoms with Crippen molar-refractivity contribution in [3.63, 3.8) is 0 Å². The molecule has 0 aliphatic rings. The molecule has 8 heteroatoms. The van der Waals surface area contributed by atoms with E-state index in [1.165, 1.54) is 25.6 Å². The van der Waals surface area contributed by atoms with Crippen molar-refractivity contribution in [2.24, 2.45) is 0 Å². The summed E-state index contributed by atoms with van der Waals surface area (Å²) in [6.45, 7) is 0. The van der Waals surface area contributed by atoms with Crippen LogP contribution in [0.4, 0.5) is 17.3 Å². The van der Waals surface area contributed by atoms with Crippen LogP contribution in [0.25, 0.3) is 0 Å². The number of nitrogens with zero attached hydrogens (tertiary/aromatic N) is 2. The van der Waals surface area contributed by atoms with Crippen molar-refractivity contribution in [1.29, 1.82) is 0 Å². The first kappa shape index (κ1) is 18.8. The maximum absolute atomic E-state index is 12.4. The fourth-order valence-corrected chi connectivity index (χ4v) is 2.42. The van der Waals surface area contributed by atoms with Crippen LogP contribution in [-0.2, 0) is 4.74 Å². The average Bonchev–Trinajstić information content (AvgIpc) is 2.74. The first-order valence-corrected chi connectivity index (χ1v) is 8.32. The summed E-state index contributed by atoms with van der Waals surface area (Å²) in [5.74, 6) is 0.101. The van der Waals surface area contributed by atoms with Crippen molar-refractivity contribution < 1.29 is 19.1 Å². The van der Waals surface area contributed by atoms with Gasteiger partial charge in [-0.15, -0.1) is 0 Å². The molecule has 1 heterocycles. The zero-order valence-electron chi connectivity index (χ0n) is 15.3. The second-order valence-corrected chi connectivity index (χ2v) is 5.65. The van der Waals surface area contributed by atoms with E-state index in [4.69, 9.17) is 4.74 Å². The molecule has 1 amide bonds. The van der Waals surface area contributed by atoms with Gasteiger partial charge in [0.1, 0.15) is 5.75 Å². The van der Waals surface area contributed by atoms with Gasteiger partial charge < -0.3 is 20.1 Å². The number of esters is 1. The molecule has 0 saturated carbocycles. The topological polar surface area (TPSA) is 102 Å². The lowest BCUT2D eigenvalue weighted by Crippen LogP contribution is -2.13. The van der Waals surface area contributed by atoms with Crippen molar-refractivity contribution in [2.45, 2.75) is 0 Å². The number of carbonyl (C=O) groups excluding carboxylic acids is 2. The molecule has 0 atom stereocenters. The van der Waals surface area contributed by atoms with Gasteiger partial charge >= 0.3 is 5.97 Å². The number of anilines is 3. The summed E-state index contributed by atoms with van der Waals surface area (Å²) in [6.07, 6.45) is 2.81. The number of carbonyl (C=O) groups is 2. The van der Waals surface area contributed by atoms with Crippen LogP contribution < -0.4 is 15.4 Å². The van der Waals surface area contributed by atoms with E-state index in [0.717, 1.165) is 0 Å². The van der Waals surface area contributed by atoms with Crippen molar-refractivity contribution in [1.82, 2.24) is 9.97 Å². The number of methoxy groups -OCH3 is 2. The van der Waals surface area contributed by atoms with Gasteiger partial charge in [0.15, 0.2) is 0 Å². The van der Waals surface area contributed by atoms with Gasteiger partial charge in [0.05, 0.1) is 31.0 Å². The Balaban J connectivity index is 1.69. The minimum Gasteiger partial charge on any atom is -0.495 e. The highest BCUT2D eigenvalue weighted by Gasteiger charge is 2.11. The minimum atomic E-state index is -0.480. The number of nitrogens with one attached hydrogen (secondary N) is 2. The maximum Gasteiger partial charge on any atom is 0.337 e. The molecule has 0 aliphatic heterocycles. The van der Waals surface area contributed by atoms with Crippen LogP contribution in [-0.4, -0.2) is 36.1 Å². The Labute approximate surface area is 161 Å². The summed E-state index contributed by atoms with van der Waals surface area (Å²) in [5.41, 5.74) is 1.79. The second kappa shape index (κ2) is 8.63. The number of hydrogen-bond donors (Lipinski definition) is 2. The molecule has 0 saturated heterocycles. The van der Waals surface area contributed by atoms with Gasteiger partial charge in [-0.1, -0.05) is 18.2 Å². The summed E-state index contributed by atoms with van der Waals surface area (Å²) in [4.78, 5) is 32.3. The molecule has 2 N–H and O–H groups in total. The van der Waals surface area contributed by atoms with Gasteiger partial charge in [-0.25, -0.2) is 14.8 Å². The number of para-hydroxylation sites is 2. The Hall–Kier alpha value is -3.94. The molecule has 3 rings (SSSR count). The summed E-state index contributed by atoms with van der Waals surface area (Å²) >= 11 is 0. The van der Waals surface area contributed by atoms with E-state index >= 15 is 0 Å². The highest BCUT2D eigenvalue weighted by Crippen LogP contribution is 2.25. The Morgan fingerprint density at radius 3 is 2.39 bits per heavy atom. The highest BCUT2D eigenvalue weighted by molar-refractivity contribution is 6.04. The molecule has 28 heavy (non-hydrogen) atoms. The molecule has 0 radical (unpaired) electrons. The Morgan fingerprint density at radius 1 is 0.929 bits per heavy atom. The Morgan fingerprint density at radius 2 is 1.68 bits per heavy atom. The molecular formula is C20H18N4O4. The molecule has 2 aromatic carbocycles. The van der Waals surface area contributed by atoms with Crippen LogP contribution in [0, 0.1) is 0 Å². The van der Waals surface area contributed by atoms with E-state index in [9.17, 15) is 9.59 Å². The van der Waals surface area contributed by atoms with Crippen LogP contribution in [0.1, 0.15) is 20.7 Å². The molecule has 1 aromatic heterocycles. The lowest BCUT2D eigenvalue weighted by Gasteiger charge is -2.10. The van der Waals surface area contributed by atoms with Crippen LogP contribution in [0.2, 0.25) is 0 Å². The first-order valence-electron chi connectivity index (χ1n) is 8.32. The van der Waals surface area contributed by atoms with E-state index in [0.29, 0.717) is 28.6 Å². The molecule has 0 bridgehead atoms. The monoisotopic (exact) mass is 378 g/mol. The van der Waals surface area contributed by atoms with Gasteiger partial charge in [-0.2, -0.15) is 0 Å². The van der Waals surface area contributed by atoms with Crippen molar-refractivity contribution in [3.8, 4) is 5.75 Å². The molecule has 0 unspecified atom stereocenters. The quantitative estimate of drug-likeness (QED) is 0.635. The number of ether oxygens (including phenoxy) is 2. The zero-order valence-corrected chi connectivity index (χ0v) is 15.3. The molecule has 0 aliphatic carbocycles. The summed E-state index contributed by atoms with van der Waals surface area (Å²) in [6, 6.07) is 13.8. The largest absolute Gasteiger partial charge is 0.495 e. The normalized spacial score (nSPS) is 10.1. The van der Waals surface area contributed by atoms with Crippen LogP contribution in [0.3, 0.4) is 0 Å². The van der Waals surface area contributed by atoms with Gasteiger partial charge in [0.25, 0.3) is 5.91 Å². The maximum atomic E-state index is 12.4. The molecular weight excluding hydrogens is 360 g/mol. The summed E-state index contributed by atoms with van der Waals surface area (Å²) < 4.78 is 9.94. The predicted molar refractivity (Wildman–Crippen MR) is 104 cm³/mol. The molecule has 0 fully saturated rings. The third-order valence-corrected chi connectivity index (χ3v) is 3.81. The highest BCUT2D eigenvalue weighted by atomic mass is 16.5. The van der Waals surface area contributed by atoms with Gasteiger partial charge in [-0.05, 0) is 30.3 Å². The zero-order chi connectivity index (χ0) is 19.9. The first-order chi connectivity index (χ1) is 13.6. The average molecular weight is 378 g/mol. The van der Waals surface area contributed by atoms with Crippen molar-refractivity contribution >= 4 is 29.2 Å². The second-order valence-electron chi connectivity index (χ2n) is 5.65. The van der Waals surface area contributed by atoms with Gasteiger partial charge in [-0.3, -0.25) is 4.79 Å². The minimum absolute atomic E-state index is 0.272. The van der Waals surface area contributed by atoms with E-state index in [2.05, 4.69) is 25.3 Å². The van der Waals surface area contributed by atoms with E-state index in [1.54, 1.807) is 25.3 Å². The standard InChI is InChI=1S/C20H18N4O4/c1-27-17-9-4-3-8-16(17)24-20-21-11-14(12-22-20)18(25)23-15-7-5-6-13(10-15)19(26)28-2/h3-12H,1-2H3,(H,23,25)(H,21,22,24). The number of benzene rings is 2. The number of amides is 1. The number of aromatic nitrogens is 2. The van der Waals surface area contributed by atoms with Gasteiger partial charge in [0.2, 0.25) is 5.95 Å². The van der Waals surface area contributed by atoms with Crippen molar-refractivity contribution in [2.75, 3.05) is 24.9 Å². The third-order valence-electron chi connectivity index (χ3n) is 3.81. The molecule has 0 spiro atoms. The lowest BCUT2D eigenvalue weighted by atomic mass is 10.2. The van der Waals surface area contributed by atoms with Crippen LogP contribution in [0.5, 0.6) is 5.75 Å². The summed E-state index contributed by atoms with van der Waals surface area (Å²) in [7, 11) is 2.87. The van der Waals surface area contributed by atoms with E-state index in [1.807, 2.05) is 24.3 Å². The Kier molecular flexibility index (Phi) is 5.81. The van der Waals surface area contributed by atoms with Gasteiger partial charge in [0, 0.05) is 18.1 Å². The van der Waals surface area contributed by atoms with Crippen LogP contribution >= 0.6 is 0 Å². The molecule has 3 aromatic rings. The fraction of sp³-hybridized carbons (Fsp3) is 0.100. The third kappa shape index (κ3) is 4.42. The number of hydrogen-bond acceptors (Lipinski definition) is 7. The predicted octanol–water partition coefficient (Wildman–Crippen LogP) is 3.27. The summed E-state index contributed by atoms with van der Waals surface area (Å²) in [5, 5.41) is 5.73. The Bertz CT molecular complexity index is 990. The van der Waals surface area contributed by atoms with Crippen molar-refractivity contribution in [3.05, 3.63) is 72.1 Å². The molecule has 8 nitrogen and oxygen atoms in total. The molecule has 142 valence electrons. The van der Waals surface area contributed by atoms with E-state index < -0.39 is 11.9 Å².